The van der Waals surface area contributed by atoms with E-state index in [0.29, 0.717) is 0 Å². The lowest BCUT2D eigenvalue weighted by atomic mass is 9.67. The summed E-state index contributed by atoms with van der Waals surface area (Å²) in [4.78, 5) is 0. The predicted molar refractivity (Wildman–Crippen MR) is 77.8 cm³/mol. The van der Waals surface area contributed by atoms with Crippen LogP contribution in [0, 0.1) is 9.49 Å². The fourth-order valence-electron chi connectivity index (χ4n) is 2.54. The quantitative estimate of drug-likeness (QED) is 0.829. The van der Waals surface area contributed by atoms with Gasteiger partial charge in [-0.15, -0.1) is 0 Å². The standard InChI is InChI=1S/C14H20IN/c1-3-8-16-14-9-13(10(14)2)11-4-6-12(15)7-5-11/h4-7,10,13-14,16H,3,8-9H2,1-2H3. The van der Waals surface area contributed by atoms with E-state index in [4.69, 9.17) is 0 Å². The van der Waals surface area contributed by atoms with Gasteiger partial charge >= 0.3 is 0 Å². The van der Waals surface area contributed by atoms with Gasteiger partial charge in [0.2, 0.25) is 0 Å². The average molecular weight is 329 g/mol. The smallest absolute Gasteiger partial charge is 0.0130 e. The fraction of sp³-hybridized carbons (Fsp3) is 0.571. The van der Waals surface area contributed by atoms with Gasteiger partial charge in [0.25, 0.3) is 0 Å². The molecule has 1 fully saturated rings. The molecule has 0 spiro atoms. The molecule has 0 amide bonds. The molecule has 88 valence electrons. The zero-order valence-corrected chi connectivity index (χ0v) is 12.2. The summed E-state index contributed by atoms with van der Waals surface area (Å²) in [6.45, 7) is 5.76. The predicted octanol–water partition coefficient (Wildman–Crippen LogP) is 3.78. The zero-order valence-electron chi connectivity index (χ0n) is 10.0. The van der Waals surface area contributed by atoms with Gasteiger partial charge in [-0.25, -0.2) is 0 Å². The number of halogens is 1. The maximum atomic E-state index is 3.63. The summed E-state index contributed by atoms with van der Waals surface area (Å²) in [5, 5.41) is 3.63. The van der Waals surface area contributed by atoms with Gasteiger partial charge in [-0.3, -0.25) is 0 Å². The van der Waals surface area contributed by atoms with Crippen molar-refractivity contribution in [2.75, 3.05) is 6.54 Å². The molecule has 16 heavy (non-hydrogen) atoms. The molecule has 1 aromatic rings. The minimum absolute atomic E-state index is 0.740. The topological polar surface area (TPSA) is 12.0 Å². The van der Waals surface area contributed by atoms with Crippen LogP contribution in [0.2, 0.25) is 0 Å². The molecule has 1 nitrogen and oxygen atoms in total. The Morgan fingerprint density at radius 2 is 2.00 bits per heavy atom. The van der Waals surface area contributed by atoms with Crippen molar-refractivity contribution in [2.24, 2.45) is 5.92 Å². The van der Waals surface area contributed by atoms with E-state index < -0.39 is 0 Å². The van der Waals surface area contributed by atoms with E-state index >= 15 is 0 Å². The second kappa shape index (κ2) is 5.50. The molecule has 1 aliphatic rings. The first-order valence-corrected chi connectivity index (χ1v) is 7.29. The lowest BCUT2D eigenvalue weighted by Crippen LogP contribution is -2.48. The monoisotopic (exact) mass is 329 g/mol. The largest absolute Gasteiger partial charge is 0.314 e. The van der Waals surface area contributed by atoms with Crippen LogP contribution in [-0.2, 0) is 0 Å². The molecule has 1 N–H and O–H groups in total. The highest BCUT2D eigenvalue weighted by Crippen LogP contribution is 2.42. The molecule has 1 aromatic carbocycles. The van der Waals surface area contributed by atoms with Gasteiger partial charge in [0.05, 0.1) is 0 Å². The maximum Gasteiger partial charge on any atom is 0.0130 e. The van der Waals surface area contributed by atoms with E-state index in [2.05, 4.69) is 66.0 Å². The molecule has 0 saturated heterocycles. The number of hydrogen-bond donors (Lipinski definition) is 1. The second-order valence-corrected chi connectivity index (χ2v) is 6.06. The molecule has 2 rings (SSSR count). The normalized spacial score (nSPS) is 28.8. The van der Waals surface area contributed by atoms with Crippen molar-refractivity contribution >= 4 is 22.6 Å². The van der Waals surface area contributed by atoms with Crippen LogP contribution in [-0.4, -0.2) is 12.6 Å². The number of benzene rings is 1. The molecule has 1 aliphatic carbocycles. The van der Waals surface area contributed by atoms with Crippen molar-refractivity contribution in [3.63, 3.8) is 0 Å². The summed E-state index contributed by atoms with van der Waals surface area (Å²) in [5.74, 6) is 1.55. The minimum atomic E-state index is 0.740. The lowest BCUT2D eigenvalue weighted by molar-refractivity contribution is 0.185. The Balaban J connectivity index is 1.92. The Labute approximate surface area is 112 Å². The van der Waals surface area contributed by atoms with Crippen LogP contribution in [0.4, 0.5) is 0 Å². The first-order chi connectivity index (χ1) is 7.72. The molecule has 2 heteroatoms. The van der Waals surface area contributed by atoms with Crippen LogP contribution in [0.25, 0.3) is 0 Å². The Morgan fingerprint density at radius 1 is 1.31 bits per heavy atom. The first kappa shape index (κ1) is 12.4. The van der Waals surface area contributed by atoms with Crippen molar-refractivity contribution < 1.29 is 0 Å². The molecule has 1 saturated carbocycles. The van der Waals surface area contributed by atoms with E-state index in [1.807, 2.05) is 0 Å². The highest BCUT2D eigenvalue weighted by atomic mass is 127. The molecule has 3 atom stereocenters. The Kier molecular flexibility index (Phi) is 4.25. The van der Waals surface area contributed by atoms with Gasteiger partial charge in [0.1, 0.15) is 0 Å². The summed E-state index contributed by atoms with van der Waals surface area (Å²) in [5.41, 5.74) is 1.52. The number of rotatable bonds is 4. The molecular weight excluding hydrogens is 309 g/mol. The molecule has 0 heterocycles. The van der Waals surface area contributed by atoms with Gasteiger partial charge < -0.3 is 5.32 Å². The summed E-state index contributed by atoms with van der Waals surface area (Å²) >= 11 is 2.37. The molecule has 3 unspecified atom stereocenters. The Morgan fingerprint density at radius 3 is 2.56 bits per heavy atom. The van der Waals surface area contributed by atoms with Crippen molar-refractivity contribution in [1.29, 1.82) is 0 Å². The molecule has 0 bridgehead atoms. The van der Waals surface area contributed by atoms with Crippen molar-refractivity contribution in [3.05, 3.63) is 33.4 Å². The van der Waals surface area contributed by atoms with Crippen LogP contribution >= 0.6 is 22.6 Å². The Bertz CT molecular complexity index is 333. The number of nitrogens with one attached hydrogen (secondary N) is 1. The van der Waals surface area contributed by atoms with E-state index in [9.17, 15) is 0 Å². The van der Waals surface area contributed by atoms with Crippen molar-refractivity contribution in [1.82, 2.24) is 5.32 Å². The molecular formula is C14H20IN. The molecule has 0 radical (unpaired) electrons. The fourth-order valence-corrected chi connectivity index (χ4v) is 2.90. The Hall–Kier alpha value is -0.0900. The zero-order chi connectivity index (χ0) is 11.5. The van der Waals surface area contributed by atoms with E-state index in [1.165, 1.54) is 22.0 Å². The van der Waals surface area contributed by atoms with Crippen molar-refractivity contribution in [3.8, 4) is 0 Å². The SMILES string of the molecule is CCCNC1CC(c2ccc(I)cc2)C1C. The summed E-state index contributed by atoms with van der Waals surface area (Å²) in [7, 11) is 0. The van der Waals surface area contributed by atoms with Gasteiger partial charge in [0.15, 0.2) is 0 Å². The van der Waals surface area contributed by atoms with Crippen LogP contribution < -0.4 is 5.32 Å². The van der Waals surface area contributed by atoms with Crippen LogP contribution in [0.5, 0.6) is 0 Å². The van der Waals surface area contributed by atoms with E-state index in [0.717, 1.165) is 24.4 Å². The third-order valence-corrected chi connectivity index (χ3v) is 4.45. The summed E-state index contributed by atoms with van der Waals surface area (Å²) in [6, 6.07) is 9.76. The first-order valence-electron chi connectivity index (χ1n) is 6.21. The van der Waals surface area contributed by atoms with Crippen molar-refractivity contribution in [2.45, 2.75) is 38.6 Å². The van der Waals surface area contributed by atoms with Gasteiger partial charge in [-0.05, 0) is 71.5 Å². The third kappa shape index (κ3) is 2.59. The van der Waals surface area contributed by atoms with Gasteiger partial charge in [-0.1, -0.05) is 26.0 Å². The lowest BCUT2D eigenvalue weighted by Gasteiger charge is -2.44. The molecule has 0 aliphatic heterocycles. The van der Waals surface area contributed by atoms with Crippen LogP contribution in [0.3, 0.4) is 0 Å². The maximum absolute atomic E-state index is 3.63. The van der Waals surface area contributed by atoms with Gasteiger partial charge in [-0.2, -0.15) is 0 Å². The third-order valence-electron chi connectivity index (χ3n) is 3.73. The molecule has 0 aromatic heterocycles. The van der Waals surface area contributed by atoms with Gasteiger partial charge in [0, 0.05) is 9.61 Å². The highest BCUT2D eigenvalue weighted by Gasteiger charge is 2.37. The van der Waals surface area contributed by atoms with E-state index in [-0.39, 0.29) is 0 Å². The van der Waals surface area contributed by atoms with Crippen LogP contribution in [0.1, 0.15) is 38.2 Å². The van der Waals surface area contributed by atoms with Crippen LogP contribution in [0.15, 0.2) is 24.3 Å². The number of hydrogen-bond acceptors (Lipinski definition) is 1. The minimum Gasteiger partial charge on any atom is -0.314 e. The average Bonchev–Trinajstić information content (AvgIpc) is 2.30. The summed E-state index contributed by atoms with van der Waals surface area (Å²) < 4.78 is 1.33. The highest BCUT2D eigenvalue weighted by molar-refractivity contribution is 14.1. The summed E-state index contributed by atoms with van der Waals surface area (Å²) in [6.07, 6.45) is 2.54. The second-order valence-electron chi connectivity index (χ2n) is 4.81. The van der Waals surface area contributed by atoms with E-state index in [1.54, 1.807) is 0 Å².